The molecule has 2 saturated carbocycles. The molecule has 0 heterocycles. The van der Waals surface area contributed by atoms with E-state index in [1.54, 1.807) is 0 Å². The van der Waals surface area contributed by atoms with E-state index >= 15 is 0 Å². The summed E-state index contributed by atoms with van der Waals surface area (Å²) < 4.78 is 10.0. The van der Waals surface area contributed by atoms with Crippen LogP contribution in [0, 0.1) is 27.7 Å². The average molecular weight is 974 g/mol. The summed E-state index contributed by atoms with van der Waals surface area (Å²) in [7, 11) is 0. The Labute approximate surface area is 359 Å². The van der Waals surface area contributed by atoms with Crippen LogP contribution in [0.1, 0.15) is 143 Å². The molecule has 0 aliphatic heterocycles. The second-order valence-corrected chi connectivity index (χ2v) is 11.1. The molecule has 12 nitrogen and oxygen atoms in total. The maximum Gasteiger partial charge on any atom is 0.379 e. The van der Waals surface area contributed by atoms with Gasteiger partial charge in [0, 0.05) is 84.3 Å². The number of carbonyl (C=O) groups is 6. The monoisotopic (exact) mass is 976 g/mol. The van der Waals surface area contributed by atoms with Crippen LogP contribution in [-0.2, 0) is 58.7 Å². The van der Waals surface area contributed by atoms with Gasteiger partial charge in [0.2, 0.25) is 0 Å². The SMILES string of the molecule is [CH2]CCC.[CH2]CCC.[CH2]CCC.[CH2]CCC.[O]C(=O)/C=C/C(=O)OC1CCCCC1.[O]C(=O)/C=C/C(=O)OC1CCCCC1.[O]C(=O)/C=C/C([O])=O.[Sn].[Sn]. The predicted molar refractivity (Wildman–Crippen MR) is 209 cm³/mol. The Morgan fingerprint density at radius 2 is 0.611 bits per heavy atom. The molecular weight excluding hydrogens is 910 g/mol. The Morgan fingerprint density at radius 1 is 0.426 bits per heavy atom. The molecule has 0 aromatic heterocycles. The van der Waals surface area contributed by atoms with E-state index < -0.39 is 35.8 Å². The van der Waals surface area contributed by atoms with Crippen LogP contribution >= 0.6 is 0 Å². The third kappa shape index (κ3) is 71.1. The van der Waals surface area contributed by atoms with Crippen molar-refractivity contribution < 1.29 is 58.7 Å². The van der Waals surface area contributed by atoms with Gasteiger partial charge in [-0.1, -0.05) is 120 Å². The van der Waals surface area contributed by atoms with Gasteiger partial charge in [0.05, 0.1) is 0 Å². The van der Waals surface area contributed by atoms with Crippen molar-refractivity contribution >= 4 is 83.6 Å². The molecule has 0 aromatic rings. The molecule has 14 heteroatoms. The fourth-order valence-electron chi connectivity index (χ4n) is 3.18. The first-order valence-electron chi connectivity index (χ1n) is 18.1. The Balaban J connectivity index is -0.000000103. The molecule has 2 fully saturated rings. The van der Waals surface area contributed by atoms with Gasteiger partial charge in [-0.05, 0) is 51.4 Å². The van der Waals surface area contributed by atoms with Gasteiger partial charge < -0.3 is 9.47 Å². The van der Waals surface area contributed by atoms with Crippen LogP contribution in [0.4, 0.5) is 0 Å². The zero-order valence-corrected chi connectivity index (χ0v) is 38.8. The number of unbranched alkanes of at least 4 members (excludes halogenated alkanes) is 4. The van der Waals surface area contributed by atoms with E-state index in [2.05, 4.69) is 55.4 Å². The molecule has 2 aliphatic carbocycles. The summed E-state index contributed by atoms with van der Waals surface area (Å²) in [5.74, 6) is -7.05. The zero-order chi connectivity index (χ0) is 41.0. The molecule has 2 rings (SSSR count). The Bertz CT molecular complexity index is 878. The number of ether oxygens (including phenoxy) is 2. The van der Waals surface area contributed by atoms with Crippen molar-refractivity contribution in [2.75, 3.05) is 0 Å². The summed E-state index contributed by atoms with van der Waals surface area (Å²) in [5, 5.41) is 38.8. The number of carbonyl (C=O) groups excluding carboxylic acids is 6. The summed E-state index contributed by atoms with van der Waals surface area (Å²) in [5.41, 5.74) is 0. The minimum Gasteiger partial charge on any atom is -0.459 e. The predicted octanol–water partition coefficient (Wildman–Crippen LogP) is 7.93. The number of esters is 2. The molecule has 0 spiro atoms. The summed E-state index contributed by atoms with van der Waals surface area (Å²) in [6, 6.07) is 0. The fourth-order valence-corrected chi connectivity index (χ4v) is 3.18. The van der Waals surface area contributed by atoms with Crippen LogP contribution in [-0.4, -0.2) is 95.8 Å². The van der Waals surface area contributed by atoms with Crippen molar-refractivity contribution in [3.05, 3.63) is 64.2 Å². The largest absolute Gasteiger partial charge is 0.459 e. The fraction of sp³-hybridized carbons (Fsp3) is 0.600. The van der Waals surface area contributed by atoms with Crippen LogP contribution in [0.15, 0.2) is 36.5 Å². The van der Waals surface area contributed by atoms with Gasteiger partial charge in [-0.25, -0.2) is 49.2 Å². The molecule has 0 saturated heterocycles. The molecule has 0 aromatic carbocycles. The molecule has 0 N–H and O–H groups in total. The van der Waals surface area contributed by atoms with Crippen molar-refractivity contribution in [2.45, 2.75) is 155 Å². The van der Waals surface area contributed by atoms with Crippen molar-refractivity contribution in [3.63, 3.8) is 0 Å². The van der Waals surface area contributed by atoms with Crippen LogP contribution in [0.5, 0.6) is 0 Å². The Kier molecular flexibility index (Phi) is 67.7. The Hall–Kier alpha value is -2.36. The van der Waals surface area contributed by atoms with Gasteiger partial charge in [-0.15, -0.1) is 0 Å². The first-order chi connectivity index (χ1) is 24.6. The van der Waals surface area contributed by atoms with Crippen molar-refractivity contribution in [1.29, 1.82) is 0 Å². The first-order valence-corrected chi connectivity index (χ1v) is 18.1. The van der Waals surface area contributed by atoms with Gasteiger partial charge in [0.15, 0.2) is 0 Å². The average Bonchev–Trinajstić information content (AvgIpc) is 3.14. The van der Waals surface area contributed by atoms with Crippen LogP contribution < -0.4 is 0 Å². The topological polar surface area (TPSA) is 200 Å². The molecule has 0 amide bonds. The number of hydrogen-bond donors (Lipinski definition) is 0. The second-order valence-electron chi connectivity index (χ2n) is 11.1. The van der Waals surface area contributed by atoms with E-state index in [9.17, 15) is 49.2 Å². The van der Waals surface area contributed by atoms with E-state index in [0.29, 0.717) is 24.3 Å². The van der Waals surface area contributed by atoms with Crippen molar-refractivity contribution in [3.8, 4) is 0 Å². The standard InChI is InChI=1S/2C10H13O4.C4H2O4.4C4H9.2Sn/c2*11-9(12)6-7-10(13)14-8-4-2-1-3-5-8;5-3(6)1-2-4(7)8;4*1-3-4-2;;/h2*6-8H,1-5H2;1-2H;4*1,3-4H2,2H3;;/b2*7-6+;2-1+;;;;;;. The van der Waals surface area contributed by atoms with Gasteiger partial charge >= 0.3 is 35.8 Å². The summed E-state index contributed by atoms with van der Waals surface area (Å²) in [6.45, 7) is 22.9. The molecule has 2 aliphatic rings. The molecule has 304 valence electrons. The minimum absolute atomic E-state index is 0. The quantitative estimate of drug-likeness (QED) is 0.107. The third-order valence-electron chi connectivity index (χ3n) is 6.15. The minimum atomic E-state index is -1.55. The van der Waals surface area contributed by atoms with Gasteiger partial charge in [0.25, 0.3) is 0 Å². The maximum atomic E-state index is 11.0. The molecule has 0 bridgehead atoms. The number of rotatable bonds is 12. The summed E-state index contributed by atoms with van der Waals surface area (Å²) in [6.07, 6.45) is 23.1. The van der Waals surface area contributed by atoms with E-state index in [0.717, 1.165) is 89.2 Å². The van der Waals surface area contributed by atoms with Gasteiger partial charge in [-0.2, -0.15) is 0 Å². The van der Waals surface area contributed by atoms with Crippen molar-refractivity contribution in [2.24, 2.45) is 0 Å². The van der Waals surface area contributed by atoms with Gasteiger partial charge in [0.1, 0.15) is 12.2 Å². The molecular formula is C40H64O12Sn2. The second kappa shape index (κ2) is 55.0. The molecule has 16 radical (unpaired) electrons. The van der Waals surface area contributed by atoms with Crippen LogP contribution in [0.25, 0.3) is 0 Å². The smallest absolute Gasteiger partial charge is 0.379 e. The van der Waals surface area contributed by atoms with E-state index in [-0.39, 0.29) is 60.0 Å². The van der Waals surface area contributed by atoms with E-state index in [4.69, 9.17) is 9.47 Å². The maximum absolute atomic E-state index is 11.0. The van der Waals surface area contributed by atoms with Gasteiger partial charge in [-0.3, -0.25) is 0 Å². The zero-order valence-electron chi connectivity index (χ0n) is 33.1. The molecule has 0 unspecified atom stereocenters. The third-order valence-corrected chi connectivity index (χ3v) is 6.15. The molecule has 54 heavy (non-hydrogen) atoms. The normalized spacial score (nSPS) is 13.1. The molecule has 0 atom stereocenters. The van der Waals surface area contributed by atoms with E-state index in [1.807, 2.05) is 0 Å². The van der Waals surface area contributed by atoms with Crippen LogP contribution in [0.2, 0.25) is 0 Å². The van der Waals surface area contributed by atoms with Crippen molar-refractivity contribution in [1.82, 2.24) is 0 Å². The Morgan fingerprint density at radius 3 is 0.778 bits per heavy atom. The summed E-state index contributed by atoms with van der Waals surface area (Å²) in [4.78, 5) is 60.8. The summed E-state index contributed by atoms with van der Waals surface area (Å²) >= 11 is 0. The van der Waals surface area contributed by atoms with Crippen LogP contribution in [0.3, 0.4) is 0 Å². The number of hydrogen-bond acceptors (Lipinski definition) is 8. The first kappa shape index (κ1) is 66.5. The van der Waals surface area contributed by atoms with E-state index in [1.165, 1.54) is 38.5 Å².